The smallest absolute Gasteiger partial charge is 0.246 e. The first kappa shape index (κ1) is 16.5. The van der Waals surface area contributed by atoms with E-state index in [9.17, 15) is 8.42 Å². The maximum absolute atomic E-state index is 12.4. The SMILES string of the molecule is COCCCN(C)S(=O)(=O)c1c(N)cc(Cl)cc1Cl. The van der Waals surface area contributed by atoms with E-state index in [1.54, 1.807) is 7.11 Å². The summed E-state index contributed by atoms with van der Waals surface area (Å²) in [7, 11) is -0.710. The molecule has 0 unspecified atom stereocenters. The highest BCUT2D eigenvalue weighted by Gasteiger charge is 2.26. The number of sulfonamides is 1. The maximum atomic E-state index is 12.4. The first-order valence-corrected chi connectivity index (χ1v) is 7.70. The molecular weight excluding hydrogens is 311 g/mol. The van der Waals surface area contributed by atoms with Gasteiger partial charge in [0.05, 0.1) is 10.7 Å². The number of rotatable bonds is 6. The van der Waals surface area contributed by atoms with E-state index in [0.29, 0.717) is 24.6 Å². The van der Waals surface area contributed by atoms with Crippen molar-refractivity contribution in [2.45, 2.75) is 11.3 Å². The maximum Gasteiger partial charge on any atom is 0.246 e. The molecule has 5 nitrogen and oxygen atoms in total. The molecule has 19 heavy (non-hydrogen) atoms. The Labute approximate surface area is 123 Å². The number of hydrogen-bond acceptors (Lipinski definition) is 4. The minimum absolute atomic E-state index is 0.0172. The van der Waals surface area contributed by atoms with Gasteiger partial charge in [0, 0.05) is 32.3 Å². The summed E-state index contributed by atoms with van der Waals surface area (Å²) in [6.07, 6.45) is 0.581. The van der Waals surface area contributed by atoms with Gasteiger partial charge in [-0.1, -0.05) is 23.2 Å². The first-order valence-electron chi connectivity index (χ1n) is 5.50. The predicted octanol–water partition coefficient (Wildman–Crippen LogP) is 2.23. The molecule has 0 heterocycles. The number of nitrogens with zero attached hydrogens (tertiary/aromatic N) is 1. The summed E-state index contributed by atoms with van der Waals surface area (Å²) < 4.78 is 30.8. The van der Waals surface area contributed by atoms with Gasteiger partial charge in [0.2, 0.25) is 10.0 Å². The van der Waals surface area contributed by atoms with Gasteiger partial charge in [0.1, 0.15) is 4.90 Å². The van der Waals surface area contributed by atoms with Crippen LogP contribution in [-0.4, -0.2) is 40.0 Å². The van der Waals surface area contributed by atoms with Crippen molar-refractivity contribution >= 4 is 38.9 Å². The molecule has 0 aromatic heterocycles. The molecule has 0 saturated heterocycles. The molecule has 0 atom stereocenters. The van der Waals surface area contributed by atoms with Crippen LogP contribution >= 0.6 is 23.2 Å². The Morgan fingerprint density at radius 3 is 2.53 bits per heavy atom. The average molecular weight is 327 g/mol. The summed E-state index contributed by atoms with van der Waals surface area (Å²) in [6, 6.07) is 2.72. The topological polar surface area (TPSA) is 72.6 Å². The second-order valence-electron chi connectivity index (χ2n) is 3.98. The lowest BCUT2D eigenvalue weighted by Crippen LogP contribution is -2.29. The third kappa shape index (κ3) is 3.97. The number of nitrogen functional groups attached to an aromatic ring is 1. The number of halogens is 2. The normalized spacial score (nSPS) is 12.1. The fourth-order valence-corrected chi connectivity index (χ4v) is 3.70. The molecule has 1 rings (SSSR count). The molecule has 0 aliphatic rings. The zero-order chi connectivity index (χ0) is 14.6. The van der Waals surface area contributed by atoms with Crippen LogP contribution in [0.25, 0.3) is 0 Å². The van der Waals surface area contributed by atoms with E-state index in [2.05, 4.69) is 0 Å². The average Bonchev–Trinajstić information content (AvgIpc) is 2.27. The quantitative estimate of drug-likeness (QED) is 0.642. The van der Waals surface area contributed by atoms with Gasteiger partial charge >= 0.3 is 0 Å². The van der Waals surface area contributed by atoms with Crippen LogP contribution in [0.2, 0.25) is 10.0 Å². The molecule has 108 valence electrons. The summed E-state index contributed by atoms with van der Waals surface area (Å²) in [5.74, 6) is 0. The van der Waals surface area contributed by atoms with E-state index in [0.717, 1.165) is 0 Å². The summed E-state index contributed by atoms with van der Waals surface area (Å²) in [5, 5.41) is 0.312. The fourth-order valence-electron chi connectivity index (χ4n) is 1.56. The van der Waals surface area contributed by atoms with E-state index in [-0.39, 0.29) is 15.6 Å². The number of hydrogen-bond donors (Lipinski definition) is 1. The van der Waals surface area contributed by atoms with Crippen molar-refractivity contribution in [3.8, 4) is 0 Å². The molecular formula is C11H16Cl2N2O3S. The van der Waals surface area contributed by atoms with E-state index < -0.39 is 10.0 Å². The number of benzene rings is 1. The van der Waals surface area contributed by atoms with Gasteiger partial charge in [-0.05, 0) is 18.6 Å². The molecule has 0 amide bonds. The zero-order valence-electron chi connectivity index (χ0n) is 10.7. The van der Waals surface area contributed by atoms with Crippen LogP contribution in [0.4, 0.5) is 5.69 Å². The lowest BCUT2D eigenvalue weighted by atomic mass is 10.3. The third-order valence-electron chi connectivity index (χ3n) is 2.53. The standard InChI is InChI=1S/C11H16Cl2N2O3S/c1-15(4-3-5-18-2)19(16,17)11-9(13)6-8(12)7-10(11)14/h6-7H,3-5,14H2,1-2H3. The Hall–Kier alpha value is -0.530. The summed E-state index contributed by atoms with van der Waals surface area (Å²) >= 11 is 11.7. The molecule has 0 aliphatic heterocycles. The molecule has 2 N–H and O–H groups in total. The fraction of sp³-hybridized carbons (Fsp3) is 0.455. The molecule has 0 radical (unpaired) electrons. The van der Waals surface area contributed by atoms with Gasteiger partial charge in [-0.15, -0.1) is 0 Å². The predicted molar refractivity (Wildman–Crippen MR) is 77.2 cm³/mol. The Kier molecular flexibility index (Phi) is 5.88. The monoisotopic (exact) mass is 326 g/mol. The van der Waals surface area contributed by atoms with Gasteiger partial charge in [-0.25, -0.2) is 12.7 Å². The van der Waals surface area contributed by atoms with Gasteiger partial charge < -0.3 is 10.5 Å². The second kappa shape index (κ2) is 6.76. The van der Waals surface area contributed by atoms with Crippen molar-refractivity contribution in [3.05, 3.63) is 22.2 Å². The van der Waals surface area contributed by atoms with Crippen molar-refractivity contribution in [2.75, 3.05) is 33.0 Å². The number of ether oxygens (including phenoxy) is 1. The summed E-state index contributed by atoms with van der Waals surface area (Å²) in [6.45, 7) is 0.790. The zero-order valence-corrected chi connectivity index (χ0v) is 13.0. The van der Waals surface area contributed by atoms with Crippen LogP contribution in [0.5, 0.6) is 0 Å². The van der Waals surface area contributed by atoms with Crippen LogP contribution in [0.3, 0.4) is 0 Å². The highest BCUT2D eigenvalue weighted by Crippen LogP contribution is 2.32. The van der Waals surface area contributed by atoms with Crippen molar-refractivity contribution < 1.29 is 13.2 Å². The Balaban J connectivity index is 3.07. The van der Waals surface area contributed by atoms with Crippen molar-refractivity contribution in [3.63, 3.8) is 0 Å². The molecule has 8 heteroatoms. The first-order chi connectivity index (χ1) is 8.80. The molecule has 0 spiro atoms. The Morgan fingerprint density at radius 2 is 2.00 bits per heavy atom. The van der Waals surface area contributed by atoms with Crippen molar-refractivity contribution in [1.29, 1.82) is 0 Å². The number of anilines is 1. The lowest BCUT2D eigenvalue weighted by molar-refractivity contribution is 0.189. The summed E-state index contributed by atoms with van der Waals surface area (Å²) in [4.78, 5) is -0.113. The number of methoxy groups -OCH3 is 1. The van der Waals surface area contributed by atoms with Gasteiger partial charge in [-0.3, -0.25) is 0 Å². The molecule has 1 aromatic rings. The minimum atomic E-state index is -3.74. The van der Waals surface area contributed by atoms with Crippen LogP contribution in [0.15, 0.2) is 17.0 Å². The van der Waals surface area contributed by atoms with E-state index in [1.807, 2.05) is 0 Å². The third-order valence-corrected chi connectivity index (χ3v) is 5.13. The minimum Gasteiger partial charge on any atom is -0.398 e. The van der Waals surface area contributed by atoms with E-state index in [1.165, 1.54) is 23.5 Å². The molecule has 0 bridgehead atoms. The Morgan fingerprint density at radius 1 is 1.37 bits per heavy atom. The van der Waals surface area contributed by atoms with Crippen molar-refractivity contribution in [1.82, 2.24) is 4.31 Å². The lowest BCUT2D eigenvalue weighted by Gasteiger charge is -2.19. The van der Waals surface area contributed by atoms with Gasteiger partial charge in [-0.2, -0.15) is 0 Å². The Bertz CT molecular complexity index is 526. The second-order valence-corrected chi connectivity index (χ2v) is 6.80. The van der Waals surface area contributed by atoms with Crippen LogP contribution in [-0.2, 0) is 14.8 Å². The summed E-state index contributed by atoms with van der Waals surface area (Å²) in [5.41, 5.74) is 5.74. The van der Waals surface area contributed by atoms with Crippen LogP contribution < -0.4 is 5.73 Å². The van der Waals surface area contributed by atoms with Crippen LogP contribution in [0, 0.1) is 0 Å². The highest BCUT2D eigenvalue weighted by molar-refractivity contribution is 7.89. The van der Waals surface area contributed by atoms with Crippen molar-refractivity contribution in [2.24, 2.45) is 0 Å². The van der Waals surface area contributed by atoms with E-state index in [4.69, 9.17) is 33.7 Å². The number of nitrogens with two attached hydrogens (primary N) is 1. The van der Waals surface area contributed by atoms with Crippen LogP contribution in [0.1, 0.15) is 6.42 Å². The highest BCUT2D eigenvalue weighted by atomic mass is 35.5. The molecule has 0 fully saturated rings. The van der Waals surface area contributed by atoms with Gasteiger partial charge in [0.15, 0.2) is 0 Å². The van der Waals surface area contributed by atoms with Gasteiger partial charge in [0.25, 0.3) is 0 Å². The molecule has 1 aromatic carbocycles. The van der Waals surface area contributed by atoms with E-state index >= 15 is 0 Å². The molecule has 0 aliphatic carbocycles. The largest absolute Gasteiger partial charge is 0.398 e. The molecule has 0 saturated carbocycles.